The van der Waals surface area contributed by atoms with Crippen LogP contribution in [0.25, 0.3) is 0 Å². The number of hydrogen-bond acceptors (Lipinski definition) is 3. The van der Waals surface area contributed by atoms with Crippen LogP contribution < -0.4 is 16.4 Å². The monoisotopic (exact) mass is 275 g/mol. The number of rotatable bonds is 6. The number of amides is 2. The van der Waals surface area contributed by atoms with Crippen molar-refractivity contribution in [2.24, 2.45) is 11.7 Å². The Balaban J connectivity index is 1.81. The van der Waals surface area contributed by atoms with Crippen molar-refractivity contribution in [3.8, 4) is 0 Å². The topological polar surface area (TPSA) is 84.2 Å². The molecule has 1 atom stereocenters. The van der Waals surface area contributed by atoms with Crippen molar-refractivity contribution >= 4 is 23.2 Å². The molecule has 0 radical (unpaired) electrons. The van der Waals surface area contributed by atoms with Gasteiger partial charge in [0, 0.05) is 29.8 Å². The highest BCUT2D eigenvalue weighted by Gasteiger charge is 2.29. The van der Waals surface area contributed by atoms with E-state index in [0.717, 1.165) is 24.2 Å². The Kier molecular flexibility index (Phi) is 4.74. The highest BCUT2D eigenvalue weighted by molar-refractivity contribution is 5.95. The van der Waals surface area contributed by atoms with Crippen molar-refractivity contribution in [3.63, 3.8) is 0 Å². The van der Waals surface area contributed by atoms with Gasteiger partial charge in [-0.3, -0.25) is 9.59 Å². The van der Waals surface area contributed by atoms with Crippen LogP contribution in [0.3, 0.4) is 0 Å². The minimum absolute atomic E-state index is 0.0285. The number of carbonyl (C=O) groups excluding carboxylic acids is 2. The molecule has 0 saturated heterocycles. The summed E-state index contributed by atoms with van der Waals surface area (Å²) in [5.74, 6) is 0.225. The summed E-state index contributed by atoms with van der Waals surface area (Å²) < 4.78 is 0. The van der Waals surface area contributed by atoms with Crippen LogP contribution in [-0.4, -0.2) is 17.9 Å². The van der Waals surface area contributed by atoms with Gasteiger partial charge >= 0.3 is 0 Å². The average molecular weight is 275 g/mol. The number of nitrogens with one attached hydrogen (secondary N) is 2. The van der Waals surface area contributed by atoms with Gasteiger partial charge in [0.25, 0.3) is 0 Å². The molecule has 5 nitrogen and oxygen atoms in total. The van der Waals surface area contributed by atoms with Gasteiger partial charge in [0.15, 0.2) is 0 Å². The van der Waals surface area contributed by atoms with Crippen LogP contribution in [0.5, 0.6) is 0 Å². The summed E-state index contributed by atoms with van der Waals surface area (Å²) in [7, 11) is 0. The largest absolute Gasteiger partial charge is 0.328 e. The van der Waals surface area contributed by atoms with Crippen molar-refractivity contribution < 1.29 is 9.59 Å². The number of benzene rings is 1. The van der Waals surface area contributed by atoms with Gasteiger partial charge in [-0.1, -0.05) is 0 Å². The Bertz CT molecular complexity index is 478. The quantitative estimate of drug-likeness (QED) is 0.743. The van der Waals surface area contributed by atoms with Crippen LogP contribution in [0, 0.1) is 5.92 Å². The lowest BCUT2D eigenvalue weighted by atomic mass is 10.2. The van der Waals surface area contributed by atoms with Gasteiger partial charge in [-0.25, -0.2) is 0 Å². The molecule has 2 rings (SSSR count). The van der Waals surface area contributed by atoms with E-state index in [1.807, 2.05) is 6.92 Å². The molecule has 4 N–H and O–H groups in total. The fourth-order valence-electron chi connectivity index (χ4n) is 1.81. The maximum Gasteiger partial charge on any atom is 0.227 e. The smallest absolute Gasteiger partial charge is 0.227 e. The minimum atomic E-state index is -0.0444. The highest BCUT2D eigenvalue weighted by atomic mass is 16.2. The Labute approximate surface area is 118 Å². The minimum Gasteiger partial charge on any atom is -0.328 e. The second-order valence-electron chi connectivity index (χ2n) is 5.41. The third-order valence-corrected chi connectivity index (χ3v) is 3.21. The van der Waals surface area contributed by atoms with Gasteiger partial charge in [0.05, 0.1) is 0 Å². The Morgan fingerprint density at radius 3 is 2.25 bits per heavy atom. The van der Waals surface area contributed by atoms with E-state index in [2.05, 4.69) is 10.6 Å². The Morgan fingerprint density at radius 2 is 1.75 bits per heavy atom. The molecule has 5 heteroatoms. The molecule has 1 saturated carbocycles. The summed E-state index contributed by atoms with van der Waals surface area (Å²) in [6.07, 6.45) is 3.05. The molecule has 0 heterocycles. The van der Waals surface area contributed by atoms with Gasteiger partial charge < -0.3 is 16.4 Å². The number of hydrogen-bond donors (Lipinski definition) is 3. The SMILES string of the molecule is CC(N)CCC(=O)Nc1ccc(NC(=O)C2CC2)cc1. The molecule has 0 bridgehead atoms. The van der Waals surface area contributed by atoms with Gasteiger partial charge in [-0.15, -0.1) is 0 Å². The number of carbonyl (C=O) groups is 2. The lowest BCUT2D eigenvalue weighted by Gasteiger charge is -2.08. The van der Waals surface area contributed by atoms with Crippen molar-refractivity contribution in [1.29, 1.82) is 0 Å². The zero-order valence-electron chi connectivity index (χ0n) is 11.7. The average Bonchev–Trinajstić information content (AvgIpc) is 3.23. The van der Waals surface area contributed by atoms with E-state index in [9.17, 15) is 9.59 Å². The molecule has 1 fully saturated rings. The Hall–Kier alpha value is -1.88. The van der Waals surface area contributed by atoms with E-state index in [1.165, 1.54) is 0 Å². The van der Waals surface area contributed by atoms with E-state index in [1.54, 1.807) is 24.3 Å². The molecule has 2 amide bonds. The maximum atomic E-state index is 11.6. The van der Waals surface area contributed by atoms with Gasteiger partial charge in [0.1, 0.15) is 0 Å². The van der Waals surface area contributed by atoms with Crippen LogP contribution in [-0.2, 0) is 9.59 Å². The standard InChI is InChI=1S/C15H21N3O2/c1-10(16)2-9-14(19)17-12-5-7-13(8-6-12)18-15(20)11-3-4-11/h5-8,10-11H,2-4,9,16H2,1H3,(H,17,19)(H,18,20). The summed E-state index contributed by atoms with van der Waals surface area (Å²) in [4.78, 5) is 23.2. The van der Waals surface area contributed by atoms with Crippen molar-refractivity contribution in [2.45, 2.75) is 38.6 Å². The molecular formula is C15H21N3O2. The van der Waals surface area contributed by atoms with Crippen molar-refractivity contribution in [2.75, 3.05) is 10.6 Å². The molecule has 1 aromatic rings. The van der Waals surface area contributed by atoms with E-state index in [0.29, 0.717) is 12.8 Å². The second-order valence-corrected chi connectivity index (χ2v) is 5.41. The molecule has 0 spiro atoms. The molecule has 108 valence electrons. The maximum absolute atomic E-state index is 11.6. The van der Waals surface area contributed by atoms with Crippen LogP contribution in [0.4, 0.5) is 11.4 Å². The highest BCUT2D eigenvalue weighted by Crippen LogP contribution is 2.30. The molecule has 1 aliphatic carbocycles. The predicted molar refractivity (Wildman–Crippen MR) is 79.3 cm³/mol. The van der Waals surface area contributed by atoms with Gasteiger partial charge in [0.2, 0.25) is 11.8 Å². The summed E-state index contributed by atoms with van der Waals surface area (Å²) in [6, 6.07) is 7.18. The third kappa shape index (κ3) is 4.66. The van der Waals surface area contributed by atoms with E-state index in [-0.39, 0.29) is 23.8 Å². The normalized spacial score (nSPS) is 15.5. The second kappa shape index (κ2) is 6.52. The molecule has 1 aromatic carbocycles. The fourth-order valence-corrected chi connectivity index (χ4v) is 1.81. The zero-order chi connectivity index (χ0) is 14.5. The molecule has 20 heavy (non-hydrogen) atoms. The summed E-state index contributed by atoms with van der Waals surface area (Å²) in [5, 5.41) is 5.66. The van der Waals surface area contributed by atoms with E-state index < -0.39 is 0 Å². The molecule has 1 unspecified atom stereocenters. The lowest BCUT2D eigenvalue weighted by Crippen LogP contribution is -2.19. The molecular weight excluding hydrogens is 254 g/mol. The van der Waals surface area contributed by atoms with Crippen LogP contribution >= 0.6 is 0 Å². The van der Waals surface area contributed by atoms with Crippen LogP contribution in [0.15, 0.2) is 24.3 Å². The fraction of sp³-hybridized carbons (Fsp3) is 0.467. The summed E-state index contributed by atoms with van der Waals surface area (Å²) >= 11 is 0. The number of anilines is 2. The van der Waals surface area contributed by atoms with E-state index in [4.69, 9.17) is 5.73 Å². The first-order valence-corrected chi connectivity index (χ1v) is 7.01. The Morgan fingerprint density at radius 1 is 1.20 bits per heavy atom. The molecule has 1 aliphatic rings. The molecule has 0 aliphatic heterocycles. The number of nitrogens with two attached hydrogens (primary N) is 1. The summed E-state index contributed by atoms with van der Waals surface area (Å²) in [6.45, 7) is 1.88. The predicted octanol–water partition coefficient (Wildman–Crippen LogP) is 2.10. The first kappa shape index (κ1) is 14.5. The van der Waals surface area contributed by atoms with E-state index >= 15 is 0 Å². The molecule has 0 aromatic heterocycles. The van der Waals surface area contributed by atoms with Crippen LogP contribution in [0.1, 0.15) is 32.6 Å². The first-order valence-electron chi connectivity index (χ1n) is 7.01. The lowest BCUT2D eigenvalue weighted by molar-refractivity contribution is -0.117. The summed E-state index contributed by atoms with van der Waals surface area (Å²) in [5.41, 5.74) is 7.10. The van der Waals surface area contributed by atoms with Crippen LogP contribution in [0.2, 0.25) is 0 Å². The third-order valence-electron chi connectivity index (χ3n) is 3.21. The van der Waals surface area contributed by atoms with Crippen molar-refractivity contribution in [3.05, 3.63) is 24.3 Å². The first-order chi connectivity index (χ1) is 9.54. The van der Waals surface area contributed by atoms with Gasteiger partial charge in [-0.05, 0) is 50.5 Å². The van der Waals surface area contributed by atoms with Crippen molar-refractivity contribution in [1.82, 2.24) is 0 Å². The zero-order valence-corrected chi connectivity index (χ0v) is 11.7. The van der Waals surface area contributed by atoms with Gasteiger partial charge in [-0.2, -0.15) is 0 Å².